The first kappa shape index (κ1) is 15.0. The van der Waals surface area contributed by atoms with E-state index in [2.05, 4.69) is 15.9 Å². The molecule has 118 valence electrons. The average Bonchev–Trinajstić information content (AvgIpc) is 3.05. The van der Waals surface area contributed by atoms with Crippen molar-refractivity contribution in [2.24, 2.45) is 5.73 Å². The molecule has 1 aromatic carbocycles. The number of nitrogens with two attached hydrogens (primary N) is 1. The lowest BCUT2D eigenvalue weighted by Gasteiger charge is -2.34. The van der Waals surface area contributed by atoms with Crippen molar-refractivity contribution in [3.05, 3.63) is 42.1 Å². The first-order chi connectivity index (χ1) is 10.8. The normalized spacial score (nSPS) is 16.2. The van der Waals surface area contributed by atoms with Gasteiger partial charge >= 0.3 is 0 Å². The van der Waals surface area contributed by atoms with Gasteiger partial charge in [0.05, 0.1) is 12.3 Å². The molecule has 6 heteroatoms. The summed E-state index contributed by atoms with van der Waals surface area (Å²) in [6.07, 6.45) is 1.99. The second kappa shape index (κ2) is 6.91. The van der Waals surface area contributed by atoms with Crippen LogP contribution in [0, 0.1) is 0 Å². The van der Waals surface area contributed by atoms with Gasteiger partial charge in [0.2, 0.25) is 0 Å². The van der Waals surface area contributed by atoms with Crippen LogP contribution in [0.25, 0.3) is 5.69 Å². The zero-order valence-electron chi connectivity index (χ0n) is 12.7. The van der Waals surface area contributed by atoms with Crippen molar-refractivity contribution in [2.75, 3.05) is 44.2 Å². The topological polar surface area (TPSA) is 70.5 Å². The van der Waals surface area contributed by atoms with Crippen molar-refractivity contribution in [2.45, 2.75) is 6.54 Å². The third kappa shape index (κ3) is 3.14. The largest absolute Gasteiger partial charge is 0.395 e. The monoisotopic (exact) mass is 301 g/mol. The molecule has 1 aliphatic heterocycles. The fourth-order valence-corrected chi connectivity index (χ4v) is 2.87. The first-order valence-corrected chi connectivity index (χ1v) is 7.74. The van der Waals surface area contributed by atoms with Crippen LogP contribution in [0.5, 0.6) is 0 Å². The van der Waals surface area contributed by atoms with E-state index < -0.39 is 0 Å². The molecule has 0 amide bonds. The van der Waals surface area contributed by atoms with Gasteiger partial charge in [-0.15, -0.1) is 0 Å². The fourth-order valence-electron chi connectivity index (χ4n) is 2.87. The molecule has 1 aliphatic rings. The number of nitrogens with zero attached hydrogens (tertiary/aromatic N) is 4. The Hall–Kier alpha value is -1.89. The quantitative estimate of drug-likeness (QED) is 0.839. The van der Waals surface area contributed by atoms with Gasteiger partial charge in [0.25, 0.3) is 0 Å². The Bertz CT molecular complexity index is 604. The summed E-state index contributed by atoms with van der Waals surface area (Å²) in [5.74, 6) is 0.996. The van der Waals surface area contributed by atoms with E-state index in [-0.39, 0.29) is 6.61 Å². The number of β-amino-alcohol motifs (C(OH)–C–C–N with tert-alkyl or cyclic N) is 1. The molecule has 6 nitrogen and oxygen atoms in total. The highest BCUT2D eigenvalue weighted by Crippen LogP contribution is 2.18. The molecule has 0 unspecified atom stereocenters. The van der Waals surface area contributed by atoms with Crippen molar-refractivity contribution in [1.82, 2.24) is 14.7 Å². The van der Waals surface area contributed by atoms with Crippen molar-refractivity contribution in [1.29, 1.82) is 0 Å². The Labute approximate surface area is 130 Å². The van der Waals surface area contributed by atoms with Crippen LogP contribution in [-0.2, 0) is 6.54 Å². The summed E-state index contributed by atoms with van der Waals surface area (Å²) < 4.78 is 1.90. The van der Waals surface area contributed by atoms with Gasteiger partial charge in [-0.05, 0) is 11.6 Å². The molecular weight excluding hydrogens is 278 g/mol. The van der Waals surface area contributed by atoms with Crippen molar-refractivity contribution < 1.29 is 5.11 Å². The summed E-state index contributed by atoms with van der Waals surface area (Å²) in [7, 11) is 0. The molecule has 2 aromatic rings. The number of hydrogen-bond donors (Lipinski definition) is 2. The number of aliphatic hydroxyl groups excluding tert-OH is 1. The van der Waals surface area contributed by atoms with Crippen LogP contribution < -0.4 is 10.6 Å². The summed E-state index contributed by atoms with van der Waals surface area (Å²) in [5, 5.41) is 13.7. The van der Waals surface area contributed by atoms with E-state index in [1.807, 2.05) is 35.1 Å². The molecule has 2 heterocycles. The van der Waals surface area contributed by atoms with Crippen LogP contribution in [0.2, 0.25) is 0 Å². The van der Waals surface area contributed by atoms with Crippen LogP contribution in [0.3, 0.4) is 0 Å². The maximum atomic E-state index is 9.00. The Morgan fingerprint density at radius 2 is 1.86 bits per heavy atom. The van der Waals surface area contributed by atoms with E-state index in [0.29, 0.717) is 6.54 Å². The number of aliphatic hydroxyl groups is 1. The van der Waals surface area contributed by atoms with Crippen LogP contribution in [-0.4, -0.2) is 59.1 Å². The predicted octanol–water partition coefficient (Wildman–Crippen LogP) is 0.445. The van der Waals surface area contributed by atoms with Gasteiger partial charge in [0, 0.05) is 51.5 Å². The van der Waals surface area contributed by atoms with Gasteiger partial charge in [0.15, 0.2) is 5.82 Å². The molecule has 1 aromatic heterocycles. The Balaban J connectivity index is 1.72. The van der Waals surface area contributed by atoms with Crippen LogP contribution in [0.15, 0.2) is 36.5 Å². The zero-order valence-corrected chi connectivity index (χ0v) is 12.7. The lowest BCUT2D eigenvalue weighted by atomic mass is 10.2. The molecule has 0 bridgehead atoms. The van der Waals surface area contributed by atoms with Crippen molar-refractivity contribution in [3.8, 4) is 5.69 Å². The number of rotatable bonds is 5. The summed E-state index contributed by atoms with van der Waals surface area (Å²) in [5.41, 5.74) is 7.93. The predicted molar refractivity (Wildman–Crippen MR) is 87.2 cm³/mol. The summed E-state index contributed by atoms with van der Waals surface area (Å²) >= 11 is 0. The molecule has 0 saturated carbocycles. The third-order valence-corrected chi connectivity index (χ3v) is 4.15. The van der Waals surface area contributed by atoms with E-state index in [1.165, 1.54) is 0 Å². The van der Waals surface area contributed by atoms with Gasteiger partial charge in [-0.25, -0.2) is 4.68 Å². The zero-order chi connectivity index (χ0) is 15.4. The molecule has 0 radical (unpaired) electrons. The van der Waals surface area contributed by atoms with Crippen LogP contribution in [0.4, 0.5) is 5.82 Å². The minimum absolute atomic E-state index is 0.227. The molecule has 1 fully saturated rings. The molecule has 22 heavy (non-hydrogen) atoms. The number of piperazine rings is 1. The molecule has 1 saturated heterocycles. The van der Waals surface area contributed by atoms with Crippen LogP contribution in [0.1, 0.15) is 5.56 Å². The first-order valence-electron chi connectivity index (χ1n) is 7.74. The van der Waals surface area contributed by atoms with E-state index in [1.54, 1.807) is 0 Å². The Morgan fingerprint density at radius 1 is 1.09 bits per heavy atom. The van der Waals surface area contributed by atoms with Gasteiger partial charge in [-0.2, -0.15) is 5.10 Å². The minimum Gasteiger partial charge on any atom is -0.395 e. The number of hydrogen-bond acceptors (Lipinski definition) is 5. The highest BCUT2D eigenvalue weighted by Gasteiger charge is 2.18. The standard InChI is InChI=1S/C16H23N5O/c17-13-14-3-1-2-4-15(14)21-6-5-16(18-21)20-9-7-19(8-10-20)11-12-22/h1-6,22H,7-13,17H2. The van der Waals surface area contributed by atoms with Gasteiger partial charge < -0.3 is 15.7 Å². The van der Waals surface area contributed by atoms with Crippen molar-refractivity contribution >= 4 is 5.82 Å². The second-order valence-electron chi connectivity index (χ2n) is 5.50. The van der Waals surface area contributed by atoms with Gasteiger partial charge in [-0.1, -0.05) is 18.2 Å². The molecule has 0 aliphatic carbocycles. The van der Waals surface area contributed by atoms with Crippen LogP contribution >= 0.6 is 0 Å². The highest BCUT2D eigenvalue weighted by atomic mass is 16.3. The van der Waals surface area contributed by atoms with Crippen molar-refractivity contribution in [3.63, 3.8) is 0 Å². The van der Waals surface area contributed by atoms with E-state index in [9.17, 15) is 0 Å². The summed E-state index contributed by atoms with van der Waals surface area (Å²) in [6.45, 7) is 5.30. The highest BCUT2D eigenvalue weighted by molar-refractivity contribution is 5.44. The number of benzene rings is 1. The lowest BCUT2D eigenvalue weighted by molar-refractivity contribution is 0.188. The fraction of sp³-hybridized carbons (Fsp3) is 0.438. The molecule has 3 N–H and O–H groups in total. The van der Waals surface area contributed by atoms with Gasteiger partial charge in [-0.3, -0.25) is 4.90 Å². The van der Waals surface area contributed by atoms with Gasteiger partial charge in [0.1, 0.15) is 0 Å². The number of anilines is 1. The van der Waals surface area contributed by atoms with E-state index >= 15 is 0 Å². The molecule has 0 atom stereocenters. The number of aromatic nitrogens is 2. The maximum absolute atomic E-state index is 9.00. The van der Waals surface area contributed by atoms with E-state index in [4.69, 9.17) is 15.9 Å². The third-order valence-electron chi connectivity index (χ3n) is 4.15. The Morgan fingerprint density at radius 3 is 2.59 bits per heavy atom. The SMILES string of the molecule is NCc1ccccc1-n1ccc(N2CCN(CCO)CC2)n1. The lowest BCUT2D eigenvalue weighted by Crippen LogP contribution is -2.47. The molecule has 0 spiro atoms. The number of para-hydroxylation sites is 1. The average molecular weight is 301 g/mol. The second-order valence-corrected chi connectivity index (χ2v) is 5.50. The Kier molecular flexibility index (Phi) is 4.72. The summed E-state index contributed by atoms with van der Waals surface area (Å²) in [4.78, 5) is 4.56. The van der Waals surface area contributed by atoms with E-state index in [0.717, 1.165) is 49.8 Å². The molecular formula is C16H23N5O. The molecule has 3 rings (SSSR count). The smallest absolute Gasteiger partial charge is 0.151 e. The minimum atomic E-state index is 0.227. The maximum Gasteiger partial charge on any atom is 0.151 e. The summed E-state index contributed by atoms with van der Waals surface area (Å²) in [6, 6.07) is 10.1.